The Morgan fingerprint density at radius 1 is 1.17 bits per heavy atom. The van der Waals surface area contributed by atoms with Crippen LogP contribution in [0.4, 0.5) is 0 Å². The third-order valence-corrected chi connectivity index (χ3v) is 4.47. The van der Waals surface area contributed by atoms with E-state index in [0.29, 0.717) is 6.54 Å². The zero-order chi connectivity index (χ0) is 16.5. The van der Waals surface area contributed by atoms with Gasteiger partial charge in [-0.2, -0.15) is 0 Å². The topological polar surface area (TPSA) is 56.7 Å². The largest absolute Gasteiger partial charge is 0.384 e. The number of nitrogens with one attached hydrogen (secondary N) is 2. The molecule has 2 rings (SSSR count). The van der Waals surface area contributed by atoms with Crippen LogP contribution >= 0.6 is 11.3 Å². The van der Waals surface area contributed by atoms with Gasteiger partial charge in [-0.25, -0.2) is 4.99 Å². The zero-order valence-electron chi connectivity index (χ0n) is 13.7. The normalized spacial score (nSPS) is 14.3. The van der Waals surface area contributed by atoms with Crippen LogP contribution in [0.15, 0.2) is 52.8 Å². The Kier molecular flexibility index (Phi) is 6.62. The molecule has 0 saturated carbocycles. The van der Waals surface area contributed by atoms with Crippen molar-refractivity contribution in [1.29, 1.82) is 0 Å². The standard InChI is InChI=1S/C18H25N3OS/c1-3-19-17(20-12-11-16-10-7-13-23-16)21-14-18(2,22)15-8-5-4-6-9-15/h4-10,13,22H,3,11-12,14H2,1-2H3,(H2,19,20,21). The molecule has 0 bridgehead atoms. The van der Waals surface area contributed by atoms with E-state index < -0.39 is 5.60 Å². The highest BCUT2D eigenvalue weighted by Gasteiger charge is 2.22. The summed E-state index contributed by atoms with van der Waals surface area (Å²) in [5.74, 6) is 0.736. The second kappa shape index (κ2) is 8.70. The molecule has 124 valence electrons. The van der Waals surface area contributed by atoms with Gasteiger partial charge in [0.15, 0.2) is 5.96 Å². The van der Waals surface area contributed by atoms with Gasteiger partial charge in [-0.3, -0.25) is 0 Å². The van der Waals surface area contributed by atoms with Gasteiger partial charge in [-0.1, -0.05) is 36.4 Å². The molecule has 1 aromatic carbocycles. The average molecular weight is 331 g/mol. The number of rotatable bonds is 7. The molecule has 0 spiro atoms. The summed E-state index contributed by atoms with van der Waals surface area (Å²) in [6.07, 6.45) is 0.969. The van der Waals surface area contributed by atoms with Gasteiger partial charge in [0.05, 0.1) is 6.54 Å². The summed E-state index contributed by atoms with van der Waals surface area (Å²) in [4.78, 5) is 5.88. The summed E-state index contributed by atoms with van der Waals surface area (Å²) in [5, 5.41) is 19.2. The van der Waals surface area contributed by atoms with Crippen LogP contribution in [0, 0.1) is 0 Å². The number of guanidine groups is 1. The number of hydrogen-bond acceptors (Lipinski definition) is 3. The van der Waals surface area contributed by atoms with Crippen LogP contribution in [-0.2, 0) is 12.0 Å². The van der Waals surface area contributed by atoms with E-state index >= 15 is 0 Å². The quantitative estimate of drug-likeness (QED) is 0.540. The van der Waals surface area contributed by atoms with Gasteiger partial charge in [0, 0.05) is 18.0 Å². The first-order valence-corrected chi connectivity index (χ1v) is 8.82. The van der Waals surface area contributed by atoms with Crippen LogP contribution in [0.25, 0.3) is 0 Å². The summed E-state index contributed by atoms with van der Waals surface area (Å²) in [5.41, 5.74) is -0.102. The van der Waals surface area contributed by atoms with E-state index in [2.05, 4.69) is 33.1 Å². The molecular weight excluding hydrogens is 306 g/mol. The molecule has 0 aliphatic rings. The predicted molar refractivity (Wildman–Crippen MR) is 98.0 cm³/mol. The van der Waals surface area contributed by atoms with Gasteiger partial charge < -0.3 is 15.7 Å². The lowest BCUT2D eigenvalue weighted by atomic mass is 9.96. The van der Waals surface area contributed by atoms with E-state index in [0.717, 1.165) is 31.0 Å². The molecule has 4 nitrogen and oxygen atoms in total. The van der Waals surface area contributed by atoms with Crippen molar-refractivity contribution in [2.45, 2.75) is 25.9 Å². The number of thiophene rings is 1. The molecule has 2 aromatic rings. The van der Waals surface area contributed by atoms with E-state index in [1.807, 2.05) is 37.3 Å². The Balaban J connectivity index is 1.92. The lowest BCUT2D eigenvalue weighted by Crippen LogP contribution is -2.39. The van der Waals surface area contributed by atoms with E-state index in [9.17, 15) is 5.11 Å². The molecule has 0 aliphatic carbocycles. The monoisotopic (exact) mass is 331 g/mol. The van der Waals surface area contributed by atoms with Crippen molar-refractivity contribution in [1.82, 2.24) is 10.6 Å². The molecule has 0 radical (unpaired) electrons. The molecule has 1 heterocycles. The minimum absolute atomic E-state index is 0.311. The van der Waals surface area contributed by atoms with Gasteiger partial charge in [0.25, 0.3) is 0 Å². The highest BCUT2D eigenvalue weighted by molar-refractivity contribution is 7.09. The molecule has 1 atom stereocenters. The minimum Gasteiger partial charge on any atom is -0.384 e. The highest BCUT2D eigenvalue weighted by Crippen LogP contribution is 2.20. The smallest absolute Gasteiger partial charge is 0.191 e. The number of hydrogen-bond donors (Lipinski definition) is 3. The second-order valence-corrected chi connectivity index (χ2v) is 6.62. The molecule has 1 unspecified atom stereocenters. The van der Waals surface area contributed by atoms with Crippen molar-refractivity contribution in [3.8, 4) is 0 Å². The Morgan fingerprint density at radius 3 is 2.61 bits per heavy atom. The minimum atomic E-state index is -0.975. The predicted octanol–water partition coefficient (Wildman–Crippen LogP) is 2.75. The Hall–Kier alpha value is -1.85. The van der Waals surface area contributed by atoms with Crippen LogP contribution in [0.5, 0.6) is 0 Å². The van der Waals surface area contributed by atoms with Crippen molar-refractivity contribution in [3.63, 3.8) is 0 Å². The number of aliphatic hydroxyl groups is 1. The Morgan fingerprint density at radius 2 is 1.96 bits per heavy atom. The van der Waals surface area contributed by atoms with Crippen molar-refractivity contribution in [2.75, 3.05) is 19.6 Å². The summed E-state index contributed by atoms with van der Waals surface area (Å²) < 4.78 is 0. The fourth-order valence-corrected chi connectivity index (χ4v) is 2.93. The number of nitrogens with zero attached hydrogens (tertiary/aromatic N) is 1. The van der Waals surface area contributed by atoms with E-state index in [4.69, 9.17) is 0 Å². The highest BCUT2D eigenvalue weighted by atomic mass is 32.1. The maximum Gasteiger partial charge on any atom is 0.191 e. The van der Waals surface area contributed by atoms with Crippen LogP contribution in [-0.4, -0.2) is 30.7 Å². The van der Waals surface area contributed by atoms with E-state index in [1.54, 1.807) is 18.3 Å². The average Bonchev–Trinajstić information content (AvgIpc) is 3.07. The van der Waals surface area contributed by atoms with Crippen LogP contribution in [0.2, 0.25) is 0 Å². The maximum absolute atomic E-state index is 10.6. The molecule has 0 fully saturated rings. The fraction of sp³-hybridized carbons (Fsp3) is 0.389. The van der Waals surface area contributed by atoms with Crippen LogP contribution in [0.3, 0.4) is 0 Å². The first-order chi connectivity index (χ1) is 11.1. The Bertz CT molecular complexity index is 594. The molecule has 3 N–H and O–H groups in total. The molecule has 1 aromatic heterocycles. The second-order valence-electron chi connectivity index (χ2n) is 5.59. The molecule has 5 heteroatoms. The number of benzene rings is 1. The third-order valence-electron chi connectivity index (χ3n) is 3.53. The summed E-state index contributed by atoms with van der Waals surface area (Å²) in [6, 6.07) is 13.8. The first-order valence-electron chi connectivity index (χ1n) is 7.94. The van der Waals surface area contributed by atoms with Crippen LogP contribution < -0.4 is 10.6 Å². The lowest BCUT2D eigenvalue weighted by molar-refractivity contribution is 0.0672. The van der Waals surface area contributed by atoms with Gasteiger partial charge in [0.2, 0.25) is 0 Å². The maximum atomic E-state index is 10.6. The summed E-state index contributed by atoms with van der Waals surface area (Å²) in [6.45, 7) is 5.75. The Labute approximate surface area is 142 Å². The fourth-order valence-electron chi connectivity index (χ4n) is 2.22. The van der Waals surface area contributed by atoms with Gasteiger partial charge in [-0.05, 0) is 37.3 Å². The van der Waals surface area contributed by atoms with Crippen LogP contribution in [0.1, 0.15) is 24.3 Å². The van der Waals surface area contributed by atoms with Gasteiger partial charge in [0.1, 0.15) is 5.60 Å². The van der Waals surface area contributed by atoms with E-state index in [1.165, 1.54) is 4.88 Å². The van der Waals surface area contributed by atoms with Crippen molar-refractivity contribution < 1.29 is 5.11 Å². The molecular formula is C18H25N3OS. The first kappa shape index (κ1) is 17.5. The lowest BCUT2D eigenvalue weighted by Gasteiger charge is -2.22. The van der Waals surface area contributed by atoms with Crippen molar-refractivity contribution in [3.05, 3.63) is 58.3 Å². The third kappa shape index (κ3) is 5.69. The summed E-state index contributed by atoms with van der Waals surface area (Å²) in [7, 11) is 0. The molecule has 0 aliphatic heterocycles. The number of aliphatic imine (C=N–C) groups is 1. The molecule has 23 heavy (non-hydrogen) atoms. The summed E-state index contributed by atoms with van der Waals surface area (Å²) >= 11 is 1.76. The van der Waals surface area contributed by atoms with Gasteiger partial charge in [-0.15, -0.1) is 11.3 Å². The SMILES string of the molecule is CCNC(=NCC(C)(O)c1ccccc1)NCCc1cccs1. The van der Waals surface area contributed by atoms with Crippen molar-refractivity contribution in [2.24, 2.45) is 4.99 Å². The van der Waals surface area contributed by atoms with Crippen molar-refractivity contribution >= 4 is 17.3 Å². The molecule has 0 saturated heterocycles. The zero-order valence-corrected chi connectivity index (χ0v) is 14.6. The van der Waals surface area contributed by atoms with E-state index in [-0.39, 0.29) is 0 Å². The molecule has 0 amide bonds. The van der Waals surface area contributed by atoms with Gasteiger partial charge >= 0.3 is 0 Å².